The molecule has 0 aliphatic rings. The molecule has 36 heavy (non-hydrogen) atoms. The number of hydrogen-bond acceptors (Lipinski definition) is 0. The Balaban J connectivity index is 1.46. The quantitative estimate of drug-likeness (QED) is 0.186. The summed E-state index contributed by atoms with van der Waals surface area (Å²) in [4.78, 5) is 0. The van der Waals surface area contributed by atoms with E-state index in [1.165, 1.54) is 36.8 Å². The molecule has 0 amide bonds. The minimum absolute atomic E-state index is 0.281. The number of hydrogen-bond donors (Lipinski definition) is 0. The van der Waals surface area contributed by atoms with Crippen molar-refractivity contribution < 1.29 is 4.39 Å². The zero-order valence-corrected chi connectivity index (χ0v) is 21.3. The zero-order chi connectivity index (χ0) is 25.2. The molecule has 0 fully saturated rings. The topological polar surface area (TPSA) is 0 Å². The van der Waals surface area contributed by atoms with Crippen molar-refractivity contribution in [1.82, 2.24) is 0 Å². The second-order valence-corrected chi connectivity index (χ2v) is 9.32. The molecule has 4 aromatic rings. The third-order valence-corrected chi connectivity index (χ3v) is 6.41. The Bertz CT molecular complexity index is 1420. The van der Waals surface area contributed by atoms with Gasteiger partial charge in [-0.05, 0) is 78.2 Å². The first-order valence-corrected chi connectivity index (χ1v) is 13.1. The predicted octanol–water partition coefficient (Wildman–Crippen LogP) is 8.85. The normalized spacial score (nSPS) is 10.4. The molecule has 0 spiro atoms. The number of halogens is 1. The van der Waals surface area contributed by atoms with Gasteiger partial charge in [0.2, 0.25) is 0 Å². The maximum Gasteiger partial charge on any atom is 0.146 e. The van der Waals surface area contributed by atoms with Crippen molar-refractivity contribution in [3.8, 4) is 23.7 Å². The lowest BCUT2D eigenvalue weighted by Crippen LogP contribution is -1.88. The molecule has 0 unspecified atom stereocenters. The van der Waals surface area contributed by atoms with E-state index in [0.717, 1.165) is 41.3 Å². The number of benzene rings is 4. The second-order valence-electron chi connectivity index (χ2n) is 9.32. The lowest BCUT2D eigenvalue weighted by molar-refractivity contribution is 0.636. The van der Waals surface area contributed by atoms with Gasteiger partial charge >= 0.3 is 0 Å². The first-order chi connectivity index (χ1) is 17.7. The highest BCUT2D eigenvalue weighted by Gasteiger charge is 2.06. The highest BCUT2D eigenvalue weighted by molar-refractivity contribution is 5.86. The van der Waals surface area contributed by atoms with E-state index >= 15 is 4.39 Å². The van der Waals surface area contributed by atoms with Gasteiger partial charge in [0.05, 0.1) is 5.56 Å². The molecule has 1 heteroatoms. The molecule has 0 saturated heterocycles. The Labute approximate surface area is 215 Å². The predicted molar refractivity (Wildman–Crippen MR) is 151 cm³/mol. The smallest absolute Gasteiger partial charge is 0.146 e. The number of unbranched alkanes of at least 4 members (excludes halogenated alkanes) is 3. The van der Waals surface area contributed by atoms with Gasteiger partial charge in [0.25, 0.3) is 0 Å². The van der Waals surface area contributed by atoms with Gasteiger partial charge in [0.15, 0.2) is 0 Å². The van der Waals surface area contributed by atoms with Crippen molar-refractivity contribution in [1.29, 1.82) is 0 Å². The van der Waals surface area contributed by atoms with E-state index in [0.29, 0.717) is 10.9 Å². The van der Waals surface area contributed by atoms with Crippen LogP contribution in [-0.2, 0) is 12.8 Å². The van der Waals surface area contributed by atoms with Crippen molar-refractivity contribution in [3.63, 3.8) is 0 Å². The average molecular weight is 473 g/mol. The standard InChI is InChI=1S/C35H33F/c1-3-5-6-7-9-28-12-16-29(17-13-28)18-19-31-21-25-34-33(26-31)24-23-32(35(34)36)22-20-30-14-10-27(8-4-2)11-15-30/h10-17,21,23-26H,3-9H2,1-2H3. The third kappa shape index (κ3) is 6.87. The lowest BCUT2D eigenvalue weighted by atomic mass is 10.0. The number of aryl methyl sites for hydroxylation is 2. The van der Waals surface area contributed by atoms with E-state index in [2.05, 4.69) is 73.9 Å². The molecule has 0 heterocycles. The van der Waals surface area contributed by atoms with Crippen LogP contribution >= 0.6 is 0 Å². The molecule has 4 aromatic carbocycles. The molecule has 0 aromatic heterocycles. The third-order valence-electron chi connectivity index (χ3n) is 6.41. The molecule has 0 nitrogen and oxygen atoms in total. The molecule has 0 saturated carbocycles. The molecule has 0 atom stereocenters. The molecule has 0 bridgehead atoms. The van der Waals surface area contributed by atoms with Crippen molar-refractivity contribution in [3.05, 3.63) is 118 Å². The Morgan fingerprint density at radius 1 is 0.556 bits per heavy atom. The molecule has 0 aliphatic heterocycles. The Morgan fingerprint density at radius 2 is 1.17 bits per heavy atom. The van der Waals surface area contributed by atoms with Crippen molar-refractivity contribution in [2.24, 2.45) is 0 Å². The maximum atomic E-state index is 15.1. The minimum Gasteiger partial charge on any atom is -0.205 e. The van der Waals surface area contributed by atoms with Gasteiger partial charge in [-0.3, -0.25) is 0 Å². The maximum absolute atomic E-state index is 15.1. The summed E-state index contributed by atoms with van der Waals surface area (Å²) in [7, 11) is 0. The Kier molecular flexibility index (Phi) is 8.97. The summed E-state index contributed by atoms with van der Waals surface area (Å²) >= 11 is 0. The van der Waals surface area contributed by atoms with Crippen LogP contribution in [0.25, 0.3) is 10.8 Å². The summed E-state index contributed by atoms with van der Waals surface area (Å²) < 4.78 is 15.1. The van der Waals surface area contributed by atoms with Gasteiger partial charge < -0.3 is 0 Å². The fraction of sp³-hybridized carbons (Fsp3) is 0.257. The first kappa shape index (κ1) is 25.3. The van der Waals surface area contributed by atoms with Gasteiger partial charge in [0.1, 0.15) is 5.82 Å². The molecule has 180 valence electrons. The molecule has 0 aliphatic carbocycles. The van der Waals surface area contributed by atoms with Gasteiger partial charge in [-0.1, -0.05) is 99.6 Å². The highest BCUT2D eigenvalue weighted by Crippen LogP contribution is 2.22. The molecule has 4 rings (SSSR count). The van der Waals surface area contributed by atoms with E-state index < -0.39 is 0 Å². The van der Waals surface area contributed by atoms with Crippen LogP contribution in [-0.4, -0.2) is 0 Å². The summed E-state index contributed by atoms with van der Waals surface area (Å²) in [5, 5.41) is 1.40. The number of fused-ring (bicyclic) bond motifs is 1. The summed E-state index contributed by atoms with van der Waals surface area (Å²) in [5.74, 6) is 12.3. The fourth-order valence-electron chi connectivity index (χ4n) is 4.30. The van der Waals surface area contributed by atoms with Crippen LogP contribution in [0, 0.1) is 29.5 Å². The summed E-state index contributed by atoms with van der Waals surface area (Å²) in [6.45, 7) is 4.40. The lowest BCUT2D eigenvalue weighted by Gasteiger charge is -2.03. The van der Waals surface area contributed by atoms with Crippen LogP contribution in [0.3, 0.4) is 0 Å². The number of rotatable bonds is 7. The summed E-state index contributed by atoms with van der Waals surface area (Å²) in [6.07, 6.45) is 8.41. The molecule has 0 radical (unpaired) electrons. The first-order valence-electron chi connectivity index (χ1n) is 13.1. The molecular weight excluding hydrogens is 439 g/mol. The van der Waals surface area contributed by atoms with E-state index in [1.54, 1.807) is 12.1 Å². The van der Waals surface area contributed by atoms with Crippen LogP contribution < -0.4 is 0 Å². The van der Waals surface area contributed by atoms with Crippen LogP contribution in [0.15, 0.2) is 78.9 Å². The van der Waals surface area contributed by atoms with Gasteiger partial charge in [-0.25, -0.2) is 4.39 Å². The Hall–Kier alpha value is -3.81. The second kappa shape index (κ2) is 12.8. The van der Waals surface area contributed by atoms with Crippen LogP contribution in [0.4, 0.5) is 4.39 Å². The Morgan fingerprint density at radius 3 is 1.83 bits per heavy atom. The minimum atomic E-state index is -0.281. The highest BCUT2D eigenvalue weighted by atomic mass is 19.1. The average Bonchev–Trinajstić information content (AvgIpc) is 2.91. The largest absolute Gasteiger partial charge is 0.205 e. The van der Waals surface area contributed by atoms with Gasteiger partial charge in [0, 0.05) is 22.1 Å². The zero-order valence-electron chi connectivity index (χ0n) is 21.3. The van der Waals surface area contributed by atoms with Crippen LogP contribution in [0.2, 0.25) is 0 Å². The van der Waals surface area contributed by atoms with E-state index in [1.807, 2.05) is 30.3 Å². The molecular formula is C35H33F. The monoisotopic (exact) mass is 472 g/mol. The van der Waals surface area contributed by atoms with Crippen LogP contribution in [0.1, 0.15) is 79.3 Å². The van der Waals surface area contributed by atoms with Gasteiger partial charge in [-0.15, -0.1) is 0 Å². The van der Waals surface area contributed by atoms with Gasteiger partial charge in [-0.2, -0.15) is 0 Å². The summed E-state index contributed by atoms with van der Waals surface area (Å²) in [5.41, 5.74) is 5.83. The van der Waals surface area contributed by atoms with Crippen molar-refractivity contribution in [2.45, 2.75) is 58.8 Å². The van der Waals surface area contributed by atoms with E-state index in [4.69, 9.17) is 0 Å². The fourth-order valence-corrected chi connectivity index (χ4v) is 4.30. The van der Waals surface area contributed by atoms with Crippen molar-refractivity contribution >= 4 is 10.8 Å². The molecule has 0 N–H and O–H groups in total. The SMILES string of the molecule is CCCCCCc1ccc(C#Cc2ccc3c(F)c(C#Cc4ccc(CCC)cc4)ccc3c2)cc1. The summed E-state index contributed by atoms with van der Waals surface area (Å²) in [6, 6.07) is 26.0. The van der Waals surface area contributed by atoms with Crippen LogP contribution in [0.5, 0.6) is 0 Å². The van der Waals surface area contributed by atoms with Crippen molar-refractivity contribution in [2.75, 3.05) is 0 Å². The van der Waals surface area contributed by atoms with E-state index in [9.17, 15) is 0 Å². The van der Waals surface area contributed by atoms with E-state index in [-0.39, 0.29) is 5.82 Å².